The normalized spacial score (nSPS) is 14.4. The smallest absolute Gasteiger partial charge is 0.236 e. The second kappa shape index (κ2) is 10.7. The number of benzene rings is 2. The maximum Gasteiger partial charge on any atom is 0.236 e. The van der Waals surface area contributed by atoms with Gasteiger partial charge in [0.1, 0.15) is 0 Å². The number of aryl methyl sites for hydroxylation is 1. The lowest BCUT2D eigenvalue weighted by atomic mass is 9.95. The number of piperidine rings is 1. The molecule has 0 bridgehead atoms. The Morgan fingerprint density at radius 1 is 1.00 bits per heavy atom. The summed E-state index contributed by atoms with van der Waals surface area (Å²) in [7, 11) is 1.97. The second-order valence-electron chi connectivity index (χ2n) is 9.08. The number of nitrogens with one attached hydrogen (secondary N) is 1. The van der Waals surface area contributed by atoms with Crippen LogP contribution in [-0.4, -0.2) is 58.1 Å². The van der Waals surface area contributed by atoms with Crippen molar-refractivity contribution in [3.05, 3.63) is 77.6 Å². The van der Waals surface area contributed by atoms with E-state index >= 15 is 0 Å². The number of carbonyl (C=O) groups excluding carboxylic acids is 2. The molecule has 1 aliphatic rings. The second-order valence-corrected chi connectivity index (χ2v) is 9.08. The minimum atomic E-state index is -0.0592. The molecule has 1 aliphatic heterocycles. The van der Waals surface area contributed by atoms with E-state index in [0.717, 1.165) is 28.3 Å². The standard InChI is InChI=1S/C27H33N5O2/c1-20-25(21(2)32(29-20)24-12-8-5-9-13-24)18-30(3)19-26(33)31-16-14-22(15-17-31)27(34)28-23-10-6-4-7-11-23/h4-13,22H,14-19H2,1-3H3,(H,28,34). The van der Waals surface area contributed by atoms with Crippen molar-refractivity contribution in [2.45, 2.75) is 33.2 Å². The third-order valence-corrected chi connectivity index (χ3v) is 6.53. The summed E-state index contributed by atoms with van der Waals surface area (Å²) in [5.41, 5.74) is 5.07. The first-order chi connectivity index (χ1) is 16.4. The molecule has 0 spiro atoms. The SMILES string of the molecule is Cc1nn(-c2ccccc2)c(C)c1CN(C)CC(=O)N1CCC(C(=O)Nc2ccccc2)CC1. The molecule has 2 amide bonds. The van der Waals surface area contributed by atoms with E-state index in [-0.39, 0.29) is 17.7 Å². The quantitative estimate of drug-likeness (QED) is 0.584. The summed E-state index contributed by atoms with van der Waals surface area (Å²) in [6.45, 7) is 6.32. The minimum Gasteiger partial charge on any atom is -0.342 e. The lowest BCUT2D eigenvalue weighted by Gasteiger charge is -2.32. The number of nitrogens with zero attached hydrogens (tertiary/aromatic N) is 4. The van der Waals surface area contributed by atoms with E-state index in [2.05, 4.69) is 12.2 Å². The third kappa shape index (κ3) is 5.54. The summed E-state index contributed by atoms with van der Waals surface area (Å²) in [5, 5.41) is 7.70. The summed E-state index contributed by atoms with van der Waals surface area (Å²) in [6.07, 6.45) is 1.38. The van der Waals surface area contributed by atoms with E-state index in [0.29, 0.717) is 39.0 Å². The van der Waals surface area contributed by atoms with Gasteiger partial charge in [0.05, 0.1) is 17.9 Å². The van der Waals surface area contributed by atoms with Crippen molar-refractivity contribution in [2.24, 2.45) is 5.92 Å². The topological polar surface area (TPSA) is 70.5 Å². The van der Waals surface area contributed by atoms with Gasteiger partial charge in [0.2, 0.25) is 11.8 Å². The predicted octanol–water partition coefficient (Wildman–Crippen LogP) is 3.80. The Bertz CT molecular complexity index is 1120. The van der Waals surface area contributed by atoms with E-state index < -0.39 is 0 Å². The van der Waals surface area contributed by atoms with Crippen LogP contribution in [0.3, 0.4) is 0 Å². The zero-order valence-corrected chi connectivity index (χ0v) is 20.2. The van der Waals surface area contributed by atoms with E-state index in [9.17, 15) is 9.59 Å². The number of amides is 2. The van der Waals surface area contributed by atoms with Crippen molar-refractivity contribution in [1.29, 1.82) is 0 Å². The van der Waals surface area contributed by atoms with E-state index in [4.69, 9.17) is 5.10 Å². The van der Waals surface area contributed by atoms with Crippen molar-refractivity contribution in [3.63, 3.8) is 0 Å². The van der Waals surface area contributed by atoms with Crippen LogP contribution in [0.25, 0.3) is 5.69 Å². The molecule has 2 aromatic carbocycles. The van der Waals surface area contributed by atoms with Gasteiger partial charge in [-0.3, -0.25) is 14.5 Å². The van der Waals surface area contributed by atoms with Gasteiger partial charge in [0.25, 0.3) is 0 Å². The molecule has 1 saturated heterocycles. The maximum absolute atomic E-state index is 12.9. The highest BCUT2D eigenvalue weighted by molar-refractivity contribution is 5.92. The van der Waals surface area contributed by atoms with Crippen LogP contribution in [0.15, 0.2) is 60.7 Å². The van der Waals surface area contributed by atoms with Gasteiger partial charge in [-0.05, 0) is 58.0 Å². The summed E-state index contributed by atoms with van der Waals surface area (Å²) in [5.74, 6) is 0.0862. The van der Waals surface area contributed by atoms with Gasteiger partial charge in [-0.25, -0.2) is 4.68 Å². The molecule has 3 aromatic rings. The fourth-order valence-electron chi connectivity index (χ4n) is 4.54. The first-order valence-corrected chi connectivity index (χ1v) is 11.8. The Morgan fingerprint density at radius 2 is 1.62 bits per heavy atom. The zero-order chi connectivity index (χ0) is 24.1. The first kappa shape index (κ1) is 23.7. The van der Waals surface area contributed by atoms with Crippen molar-refractivity contribution in [2.75, 3.05) is 32.0 Å². The molecule has 4 rings (SSSR count). The van der Waals surface area contributed by atoms with Crippen LogP contribution in [0.1, 0.15) is 29.8 Å². The van der Waals surface area contributed by atoms with Crippen LogP contribution in [0.4, 0.5) is 5.69 Å². The summed E-state index contributed by atoms with van der Waals surface area (Å²) >= 11 is 0. The van der Waals surface area contributed by atoms with Gasteiger partial charge in [0.15, 0.2) is 0 Å². The Hall–Kier alpha value is -3.45. The van der Waals surface area contributed by atoms with Gasteiger partial charge in [-0.15, -0.1) is 0 Å². The fourth-order valence-corrected chi connectivity index (χ4v) is 4.54. The summed E-state index contributed by atoms with van der Waals surface area (Å²) < 4.78 is 1.96. The van der Waals surface area contributed by atoms with Gasteiger partial charge >= 0.3 is 0 Å². The van der Waals surface area contributed by atoms with E-state index in [1.165, 1.54) is 0 Å². The molecule has 0 aliphatic carbocycles. The number of likely N-dealkylation sites (tertiary alicyclic amines) is 1. The monoisotopic (exact) mass is 459 g/mol. The molecule has 1 aromatic heterocycles. The molecular formula is C27H33N5O2. The Labute approximate surface area is 201 Å². The molecule has 0 saturated carbocycles. The lowest BCUT2D eigenvalue weighted by molar-refractivity contribution is -0.135. The molecule has 1 fully saturated rings. The number of likely N-dealkylation sites (N-methyl/N-ethyl adjacent to an activating group) is 1. The number of carbonyl (C=O) groups is 2. The van der Waals surface area contributed by atoms with Crippen LogP contribution in [-0.2, 0) is 16.1 Å². The van der Waals surface area contributed by atoms with Crippen LogP contribution < -0.4 is 5.32 Å². The number of para-hydroxylation sites is 2. The third-order valence-electron chi connectivity index (χ3n) is 6.53. The molecule has 1 N–H and O–H groups in total. The van der Waals surface area contributed by atoms with E-state index in [1.807, 2.05) is 89.1 Å². The van der Waals surface area contributed by atoms with Crippen molar-refractivity contribution < 1.29 is 9.59 Å². The molecule has 178 valence electrons. The number of anilines is 1. The molecule has 2 heterocycles. The molecule has 0 atom stereocenters. The Balaban J connectivity index is 1.28. The highest BCUT2D eigenvalue weighted by atomic mass is 16.2. The molecule has 7 heteroatoms. The number of aromatic nitrogens is 2. The Morgan fingerprint density at radius 3 is 2.26 bits per heavy atom. The van der Waals surface area contributed by atoms with Gasteiger partial charge in [0, 0.05) is 42.5 Å². The van der Waals surface area contributed by atoms with Crippen molar-refractivity contribution in [3.8, 4) is 5.69 Å². The van der Waals surface area contributed by atoms with Crippen molar-refractivity contribution in [1.82, 2.24) is 19.6 Å². The maximum atomic E-state index is 12.9. The van der Waals surface area contributed by atoms with Crippen LogP contribution in [0.2, 0.25) is 0 Å². The van der Waals surface area contributed by atoms with Crippen LogP contribution in [0.5, 0.6) is 0 Å². The highest BCUT2D eigenvalue weighted by Gasteiger charge is 2.28. The van der Waals surface area contributed by atoms with Crippen LogP contribution in [0, 0.1) is 19.8 Å². The average molecular weight is 460 g/mol. The predicted molar refractivity (Wildman–Crippen MR) is 134 cm³/mol. The molecular weight excluding hydrogens is 426 g/mol. The molecule has 0 radical (unpaired) electrons. The largest absolute Gasteiger partial charge is 0.342 e. The van der Waals surface area contributed by atoms with Gasteiger partial charge < -0.3 is 10.2 Å². The van der Waals surface area contributed by atoms with E-state index in [1.54, 1.807) is 0 Å². The molecule has 7 nitrogen and oxygen atoms in total. The van der Waals surface area contributed by atoms with Crippen LogP contribution >= 0.6 is 0 Å². The molecule has 0 unspecified atom stereocenters. The lowest BCUT2D eigenvalue weighted by Crippen LogP contribution is -2.45. The number of hydrogen-bond acceptors (Lipinski definition) is 4. The molecule has 34 heavy (non-hydrogen) atoms. The zero-order valence-electron chi connectivity index (χ0n) is 20.2. The highest BCUT2D eigenvalue weighted by Crippen LogP contribution is 2.21. The average Bonchev–Trinajstić information content (AvgIpc) is 3.13. The number of rotatable bonds is 7. The minimum absolute atomic E-state index is 0.0387. The fraction of sp³-hybridized carbons (Fsp3) is 0.370. The van der Waals surface area contributed by atoms with Crippen molar-refractivity contribution >= 4 is 17.5 Å². The Kier molecular flexibility index (Phi) is 7.43. The summed E-state index contributed by atoms with van der Waals surface area (Å²) in [4.78, 5) is 29.4. The number of hydrogen-bond donors (Lipinski definition) is 1. The summed E-state index contributed by atoms with van der Waals surface area (Å²) in [6, 6.07) is 19.6. The van der Waals surface area contributed by atoms with Gasteiger partial charge in [-0.2, -0.15) is 5.10 Å². The van der Waals surface area contributed by atoms with Gasteiger partial charge in [-0.1, -0.05) is 36.4 Å². The first-order valence-electron chi connectivity index (χ1n) is 11.8.